The first-order valence-electron chi connectivity index (χ1n) is 11.4. The Kier molecular flexibility index (Phi) is 6.41. The van der Waals surface area contributed by atoms with Crippen LogP contribution >= 0.6 is 11.3 Å². The quantitative estimate of drug-likeness (QED) is 0.596. The predicted molar refractivity (Wildman–Crippen MR) is 132 cm³/mol. The average molecular weight is 462 g/mol. The minimum Gasteiger partial charge on any atom is -0.378 e. The monoisotopic (exact) mass is 461 g/mol. The number of amides is 2. The zero-order valence-corrected chi connectivity index (χ0v) is 19.3. The van der Waals surface area contributed by atoms with Crippen molar-refractivity contribution >= 4 is 33.8 Å². The van der Waals surface area contributed by atoms with E-state index in [-0.39, 0.29) is 11.8 Å². The molecule has 170 valence electrons. The molecule has 2 aromatic carbocycles. The molecule has 2 aliphatic rings. The first-order chi connectivity index (χ1) is 16.2. The minimum atomic E-state index is -0.143. The molecule has 0 aliphatic carbocycles. The van der Waals surface area contributed by atoms with Gasteiger partial charge in [0.1, 0.15) is 0 Å². The lowest BCUT2D eigenvalue weighted by Gasteiger charge is -2.28. The number of nitrogens with zero attached hydrogens (tertiary/aromatic N) is 2. The smallest absolute Gasteiger partial charge is 0.265 e. The van der Waals surface area contributed by atoms with Crippen LogP contribution in [-0.4, -0.2) is 56.1 Å². The molecular formula is C26H27N3O3S. The standard InChI is InChI=1S/C26H27N3O3S/c30-24(27-21-10-8-20(9-11-21)25(31)28-12-4-5-13-28)23-18-22(19-6-2-1-3-7-19)26(33-23)29-14-16-32-17-15-29/h1-3,6-11,18H,4-5,12-17H2,(H,27,30). The van der Waals surface area contributed by atoms with Crippen LogP contribution in [0.25, 0.3) is 11.1 Å². The van der Waals surface area contributed by atoms with Gasteiger partial charge in [-0.15, -0.1) is 11.3 Å². The van der Waals surface area contributed by atoms with Crippen molar-refractivity contribution in [2.45, 2.75) is 12.8 Å². The Morgan fingerprint density at radius 2 is 1.58 bits per heavy atom. The number of ether oxygens (including phenoxy) is 1. The lowest BCUT2D eigenvalue weighted by Crippen LogP contribution is -2.35. The number of anilines is 2. The van der Waals surface area contributed by atoms with Crippen molar-refractivity contribution in [2.75, 3.05) is 49.6 Å². The molecule has 0 unspecified atom stereocenters. The van der Waals surface area contributed by atoms with Gasteiger partial charge in [-0.3, -0.25) is 9.59 Å². The summed E-state index contributed by atoms with van der Waals surface area (Å²) in [6.45, 7) is 4.66. The van der Waals surface area contributed by atoms with E-state index in [1.165, 1.54) is 11.3 Å². The molecule has 1 N–H and O–H groups in total. The molecule has 33 heavy (non-hydrogen) atoms. The number of hydrogen-bond acceptors (Lipinski definition) is 5. The van der Waals surface area contributed by atoms with Gasteiger partial charge in [-0.1, -0.05) is 30.3 Å². The highest BCUT2D eigenvalue weighted by Crippen LogP contribution is 2.39. The number of hydrogen-bond donors (Lipinski definition) is 1. The van der Waals surface area contributed by atoms with Gasteiger partial charge >= 0.3 is 0 Å². The van der Waals surface area contributed by atoms with Gasteiger partial charge in [0.2, 0.25) is 0 Å². The number of carbonyl (C=O) groups excluding carboxylic acids is 2. The second-order valence-electron chi connectivity index (χ2n) is 8.33. The Labute approximate surface area is 197 Å². The third-order valence-electron chi connectivity index (χ3n) is 6.10. The number of benzene rings is 2. The lowest BCUT2D eigenvalue weighted by molar-refractivity contribution is 0.0792. The summed E-state index contributed by atoms with van der Waals surface area (Å²) in [5, 5.41) is 4.09. The van der Waals surface area contributed by atoms with Crippen molar-refractivity contribution in [1.82, 2.24) is 4.90 Å². The first kappa shape index (κ1) is 21.7. The number of carbonyl (C=O) groups is 2. The van der Waals surface area contributed by atoms with E-state index in [0.29, 0.717) is 29.3 Å². The first-order valence-corrected chi connectivity index (χ1v) is 12.2. The molecule has 0 atom stereocenters. The van der Waals surface area contributed by atoms with Crippen LogP contribution in [0, 0.1) is 0 Å². The van der Waals surface area contributed by atoms with Crippen LogP contribution in [0.4, 0.5) is 10.7 Å². The second kappa shape index (κ2) is 9.77. The molecule has 0 radical (unpaired) electrons. The maximum Gasteiger partial charge on any atom is 0.265 e. The van der Waals surface area contributed by atoms with Crippen molar-refractivity contribution in [3.63, 3.8) is 0 Å². The van der Waals surface area contributed by atoms with Gasteiger partial charge < -0.3 is 19.9 Å². The van der Waals surface area contributed by atoms with Crippen molar-refractivity contribution in [1.29, 1.82) is 0 Å². The highest BCUT2D eigenvalue weighted by molar-refractivity contribution is 7.18. The summed E-state index contributed by atoms with van der Waals surface area (Å²) >= 11 is 1.51. The topological polar surface area (TPSA) is 61.9 Å². The third kappa shape index (κ3) is 4.79. The van der Waals surface area contributed by atoms with E-state index in [4.69, 9.17) is 4.74 Å². The number of nitrogens with one attached hydrogen (secondary N) is 1. The fourth-order valence-electron chi connectivity index (χ4n) is 4.31. The Bertz CT molecular complexity index is 1120. The van der Waals surface area contributed by atoms with Gasteiger partial charge in [0.05, 0.1) is 23.1 Å². The zero-order valence-electron chi connectivity index (χ0n) is 18.5. The van der Waals surface area contributed by atoms with Crippen LogP contribution in [0.5, 0.6) is 0 Å². The van der Waals surface area contributed by atoms with Crippen LogP contribution in [0.1, 0.15) is 32.9 Å². The third-order valence-corrected chi connectivity index (χ3v) is 7.30. The molecule has 0 saturated carbocycles. The molecule has 2 amide bonds. The maximum absolute atomic E-state index is 13.1. The molecule has 0 spiro atoms. The Balaban J connectivity index is 1.35. The predicted octanol–water partition coefficient (Wildman–Crippen LogP) is 4.74. The van der Waals surface area contributed by atoms with Crippen LogP contribution in [0.15, 0.2) is 60.7 Å². The van der Waals surface area contributed by atoms with Crippen LogP contribution < -0.4 is 10.2 Å². The molecule has 3 heterocycles. The Morgan fingerprint density at radius 3 is 2.27 bits per heavy atom. The van der Waals surface area contributed by atoms with E-state index in [1.807, 2.05) is 29.2 Å². The van der Waals surface area contributed by atoms with Crippen molar-refractivity contribution in [3.8, 4) is 11.1 Å². The maximum atomic E-state index is 13.1. The molecule has 0 bridgehead atoms. The van der Waals surface area contributed by atoms with Crippen LogP contribution in [0.3, 0.4) is 0 Å². The van der Waals surface area contributed by atoms with E-state index in [1.54, 1.807) is 24.3 Å². The van der Waals surface area contributed by atoms with E-state index >= 15 is 0 Å². The van der Waals surface area contributed by atoms with Crippen LogP contribution in [-0.2, 0) is 4.74 Å². The summed E-state index contributed by atoms with van der Waals surface area (Å²) < 4.78 is 5.52. The molecule has 5 rings (SSSR count). The van der Waals surface area contributed by atoms with Crippen molar-refractivity contribution < 1.29 is 14.3 Å². The van der Waals surface area contributed by atoms with Gasteiger partial charge in [0.25, 0.3) is 11.8 Å². The lowest BCUT2D eigenvalue weighted by atomic mass is 10.1. The minimum absolute atomic E-state index is 0.0614. The van der Waals surface area contributed by atoms with Crippen LogP contribution in [0.2, 0.25) is 0 Å². The van der Waals surface area contributed by atoms with Gasteiger partial charge in [0.15, 0.2) is 0 Å². The molecule has 2 fully saturated rings. The van der Waals surface area contributed by atoms with Crippen molar-refractivity contribution in [2.24, 2.45) is 0 Å². The molecule has 1 aromatic heterocycles. The normalized spacial score (nSPS) is 16.1. The molecule has 2 aliphatic heterocycles. The summed E-state index contributed by atoms with van der Waals surface area (Å²) in [6, 6.07) is 19.3. The fraction of sp³-hybridized carbons (Fsp3) is 0.308. The molecule has 7 heteroatoms. The van der Waals surface area contributed by atoms with Crippen molar-refractivity contribution in [3.05, 3.63) is 71.1 Å². The summed E-state index contributed by atoms with van der Waals surface area (Å²) in [7, 11) is 0. The van der Waals surface area contributed by atoms with Gasteiger partial charge in [-0.25, -0.2) is 0 Å². The Morgan fingerprint density at radius 1 is 0.879 bits per heavy atom. The van der Waals surface area contributed by atoms with E-state index in [0.717, 1.165) is 55.1 Å². The zero-order chi connectivity index (χ0) is 22.6. The van der Waals surface area contributed by atoms with Gasteiger partial charge in [-0.05, 0) is 48.7 Å². The highest BCUT2D eigenvalue weighted by Gasteiger charge is 2.23. The summed E-state index contributed by atoms with van der Waals surface area (Å²) in [4.78, 5) is 30.5. The number of likely N-dealkylation sites (tertiary alicyclic amines) is 1. The SMILES string of the molecule is O=C(Nc1ccc(C(=O)N2CCCC2)cc1)c1cc(-c2ccccc2)c(N2CCOCC2)s1. The van der Waals surface area contributed by atoms with Gasteiger partial charge in [-0.2, -0.15) is 0 Å². The van der Waals surface area contributed by atoms with E-state index < -0.39 is 0 Å². The second-order valence-corrected chi connectivity index (χ2v) is 9.36. The van der Waals surface area contributed by atoms with Gasteiger partial charge in [0, 0.05) is 43.0 Å². The molecule has 3 aromatic rings. The number of thiophene rings is 1. The Hall–Kier alpha value is -3.16. The largest absolute Gasteiger partial charge is 0.378 e. The summed E-state index contributed by atoms with van der Waals surface area (Å²) in [6.07, 6.45) is 2.14. The summed E-state index contributed by atoms with van der Waals surface area (Å²) in [5.74, 6) is -0.0819. The highest BCUT2D eigenvalue weighted by atomic mass is 32.1. The molecule has 6 nitrogen and oxygen atoms in total. The van der Waals surface area contributed by atoms with E-state index in [9.17, 15) is 9.59 Å². The number of rotatable bonds is 5. The molecule has 2 saturated heterocycles. The fourth-order valence-corrected chi connectivity index (χ4v) is 5.44. The summed E-state index contributed by atoms with van der Waals surface area (Å²) in [5.41, 5.74) is 3.51. The molecular weight excluding hydrogens is 434 g/mol. The van der Waals surface area contributed by atoms with E-state index in [2.05, 4.69) is 22.3 Å². The number of morpholine rings is 1. The average Bonchev–Trinajstić information content (AvgIpc) is 3.56.